The van der Waals surface area contributed by atoms with Gasteiger partial charge in [-0.1, -0.05) is 12.5 Å². The lowest BCUT2D eigenvalue weighted by atomic mass is 9.73. The zero-order valence-corrected chi connectivity index (χ0v) is 21.3. The Morgan fingerprint density at radius 3 is 2.53 bits per heavy atom. The molecule has 1 spiro atoms. The number of piperidine rings is 1. The van der Waals surface area contributed by atoms with Crippen LogP contribution in [0.2, 0.25) is 0 Å². The molecule has 36 heavy (non-hydrogen) atoms. The van der Waals surface area contributed by atoms with Crippen LogP contribution < -0.4 is 20.1 Å². The number of amides is 3. The quantitative estimate of drug-likeness (QED) is 0.644. The van der Waals surface area contributed by atoms with E-state index in [2.05, 4.69) is 10.6 Å². The lowest BCUT2D eigenvalue weighted by Gasteiger charge is -2.41. The van der Waals surface area contributed by atoms with E-state index in [-0.39, 0.29) is 24.1 Å². The van der Waals surface area contributed by atoms with Gasteiger partial charge in [-0.3, -0.25) is 14.4 Å². The molecular formula is C27H39N3O6. The van der Waals surface area contributed by atoms with E-state index in [0.29, 0.717) is 64.7 Å². The first kappa shape index (κ1) is 26.3. The molecule has 3 amide bonds. The molecule has 3 aliphatic heterocycles. The van der Waals surface area contributed by atoms with Crippen molar-refractivity contribution in [2.24, 2.45) is 5.41 Å². The zero-order valence-electron chi connectivity index (χ0n) is 21.3. The fourth-order valence-corrected chi connectivity index (χ4v) is 5.10. The molecule has 1 aromatic rings. The molecule has 0 aromatic heterocycles. The highest BCUT2D eigenvalue weighted by molar-refractivity contribution is 5.90. The molecule has 3 heterocycles. The number of nitrogens with one attached hydrogen (secondary N) is 2. The van der Waals surface area contributed by atoms with Crippen LogP contribution in [0.1, 0.15) is 57.4 Å². The zero-order chi connectivity index (χ0) is 25.4. The molecule has 2 saturated heterocycles. The number of hydrogen-bond acceptors (Lipinski definition) is 6. The monoisotopic (exact) mass is 501 g/mol. The summed E-state index contributed by atoms with van der Waals surface area (Å²) in [6.45, 7) is 5.80. The summed E-state index contributed by atoms with van der Waals surface area (Å²) >= 11 is 0. The Morgan fingerprint density at radius 2 is 1.72 bits per heavy atom. The van der Waals surface area contributed by atoms with Crippen LogP contribution in [0, 0.1) is 5.41 Å². The second kappa shape index (κ2) is 12.4. The molecule has 3 aliphatic rings. The van der Waals surface area contributed by atoms with Gasteiger partial charge < -0.3 is 29.7 Å². The Kier molecular flexibility index (Phi) is 9.07. The molecule has 0 unspecified atom stereocenters. The van der Waals surface area contributed by atoms with Gasteiger partial charge in [0.25, 0.3) is 0 Å². The molecule has 0 radical (unpaired) electrons. The fraction of sp³-hybridized carbons (Fsp3) is 0.667. The summed E-state index contributed by atoms with van der Waals surface area (Å²) < 4.78 is 17.1. The average molecular weight is 502 g/mol. The normalized spacial score (nSPS) is 23.7. The molecule has 2 N–H and O–H groups in total. The van der Waals surface area contributed by atoms with Crippen molar-refractivity contribution in [1.29, 1.82) is 0 Å². The van der Waals surface area contributed by atoms with Gasteiger partial charge in [-0.2, -0.15) is 0 Å². The van der Waals surface area contributed by atoms with Gasteiger partial charge in [0.15, 0.2) is 11.5 Å². The van der Waals surface area contributed by atoms with Crippen molar-refractivity contribution in [1.82, 2.24) is 15.5 Å². The number of benzene rings is 1. The second-order valence-corrected chi connectivity index (χ2v) is 10.1. The molecule has 9 nitrogen and oxygen atoms in total. The highest BCUT2D eigenvalue weighted by Crippen LogP contribution is 2.38. The van der Waals surface area contributed by atoms with E-state index in [9.17, 15) is 14.4 Å². The Hall–Kier alpha value is -2.81. The van der Waals surface area contributed by atoms with Gasteiger partial charge in [-0.15, -0.1) is 0 Å². The molecule has 2 fully saturated rings. The van der Waals surface area contributed by atoms with Gasteiger partial charge in [0, 0.05) is 39.3 Å². The Balaban J connectivity index is 1.37. The molecule has 4 rings (SSSR count). The van der Waals surface area contributed by atoms with Crippen molar-refractivity contribution in [3.8, 4) is 11.5 Å². The molecule has 9 heteroatoms. The molecule has 0 saturated carbocycles. The number of carbonyl (C=O) groups excluding carboxylic acids is 3. The van der Waals surface area contributed by atoms with Crippen molar-refractivity contribution in [2.45, 2.75) is 64.3 Å². The summed E-state index contributed by atoms with van der Waals surface area (Å²) in [5.74, 6) is 1.18. The maximum atomic E-state index is 13.4. The van der Waals surface area contributed by atoms with E-state index < -0.39 is 11.5 Å². The smallest absolute Gasteiger partial charge is 0.242 e. The van der Waals surface area contributed by atoms with Crippen LogP contribution in [0.25, 0.3) is 0 Å². The minimum Gasteiger partial charge on any atom is -0.490 e. The minimum absolute atomic E-state index is 0.0433. The first-order valence-electron chi connectivity index (χ1n) is 13.3. The van der Waals surface area contributed by atoms with E-state index in [0.717, 1.165) is 43.4 Å². The van der Waals surface area contributed by atoms with Gasteiger partial charge in [0.1, 0.15) is 6.04 Å². The number of rotatable bonds is 2. The second-order valence-electron chi connectivity index (χ2n) is 10.1. The van der Waals surface area contributed by atoms with Crippen molar-refractivity contribution in [3.63, 3.8) is 0 Å². The number of nitrogens with zero attached hydrogens (tertiary/aromatic N) is 1. The van der Waals surface area contributed by atoms with E-state index in [1.165, 1.54) is 0 Å². The maximum absolute atomic E-state index is 13.4. The summed E-state index contributed by atoms with van der Waals surface area (Å²) in [7, 11) is 0. The molecule has 0 aliphatic carbocycles. The van der Waals surface area contributed by atoms with Gasteiger partial charge in [0.05, 0.1) is 25.0 Å². The lowest BCUT2D eigenvalue weighted by molar-refractivity contribution is -0.142. The van der Waals surface area contributed by atoms with Crippen molar-refractivity contribution in [3.05, 3.63) is 23.8 Å². The van der Waals surface area contributed by atoms with Gasteiger partial charge >= 0.3 is 0 Å². The summed E-state index contributed by atoms with van der Waals surface area (Å²) in [5, 5.41) is 5.81. The predicted octanol–water partition coefficient (Wildman–Crippen LogP) is 2.21. The molecule has 1 aromatic carbocycles. The number of carbonyl (C=O) groups is 3. The summed E-state index contributed by atoms with van der Waals surface area (Å²) in [5.41, 5.74) is 0.310. The van der Waals surface area contributed by atoms with Crippen LogP contribution >= 0.6 is 0 Å². The van der Waals surface area contributed by atoms with Crippen molar-refractivity contribution in [2.75, 3.05) is 46.1 Å². The first-order chi connectivity index (χ1) is 17.5. The third kappa shape index (κ3) is 6.69. The van der Waals surface area contributed by atoms with E-state index in [1.807, 2.05) is 23.1 Å². The standard InChI is InChI=1S/C27H39N3O6/c1-20-25(32)28-11-4-15-34-14-3-2-8-27(26(33)29-20)9-12-30(13-10-27)24(31)19-21-6-7-22-23(18-21)36-17-5-16-35-22/h6-7,18,20H,2-5,8-17,19H2,1H3,(H,28,32)(H,29,33)/t20-/m0/s1. The minimum atomic E-state index is -0.600. The van der Waals surface area contributed by atoms with Crippen LogP contribution in [0.3, 0.4) is 0 Å². The Labute approximate surface area is 213 Å². The average Bonchev–Trinajstić information content (AvgIpc) is 3.12. The van der Waals surface area contributed by atoms with Crippen LogP contribution in [0.5, 0.6) is 11.5 Å². The van der Waals surface area contributed by atoms with Crippen molar-refractivity contribution >= 4 is 17.7 Å². The number of hydrogen-bond donors (Lipinski definition) is 2. The van der Waals surface area contributed by atoms with Crippen LogP contribution in [0.15, 0.2) is 18.2 Å². The van der Waals surface area contributed by atoms with E-state index in [4.69, 9.17) is 14.2 Å². The number of ether oxygens (including phenoxy) is 3. The molecular weight excluding hydrogens is 462 g/mol. The highest BCUT2D eigenvalue weighted by Gasteiger charge is 2.42. The third-order valence-corrected chi connectivity index (χ3v) is 7.42. The third-order valence-electron chi connectivity index (χ3n) is 7.42. The van der Waals surface area contributed by atoms with E-state index in [1.54, 1.807) is 6.92 Å². The van der Waals surface area contributed by atoms with Gasteiger partial charge in [-0.05, 0) is 56.7 Å². The van der Waals surface area contributed by atoms with Gasteiger partial charge in [-0.25, -0.2) is 0 Å². The topological polar surface area (TPSA) is 106 Å². The summed E-state index contributed by atoms with van der Waals surface area (Å²) in [4.78, 5) is 40.8. The Bertz CT molecular complexity index is 928. The summed E-state index contributed by atoms with van der Waals surface area (Å²) in [6, 6.07) is 5.08. The first-order valence-corrected chi connectivity index (χ1v) is 13.3. The SMILES string of the molecule is C[C@@H]1NC(=O)C2(CCCCOCCCNC1=O)CCN(C(=O)Cc1ccc3c(c1)OCCCO3)CC2. The maximum Gasteiger partial charge on any atom is 0.242 e. The van der Waals surface area contributed by atoms with Crippen LogP contribution in [-0.2, 0) is 25.5 Å². The lowest BCUT2D eigenvalue weighted by Crippen LogP contribution is -2.54. The van der Waals surface area contributed by atoms with Crippen molar-refractivity contribution < 1.29 is 28.6 Å². The molecule has 1 atom stereocenters. The largest absolute Gasteiger partial charge is 0.490 e. The van der Waals surface area contributed by atoms with Crippen LogP contribution in [-0.4, -0.2) is 74.7 Å². The molecule has 0 bridgehead atoms. The fourth-order valence-electron chi connectivity index (χ4n) is 5.10. The van der Waals surface area contributed by atoms with Gasteiger partial charge in [0.2, 0.25) is 17.7 Å². The highest BCUT2D eigenvalue weighted by atomic mass is 16.5. The van der Waals surface area contributed by atoms with Crippen LogP contribution in [0.4, 0.5) is 0 Å². The predicted molar refractivity (Wildman–Crippen MR) is 134 cm³/mol. The Morgan fingerprint density at radius 1 is 0.972 bits per heavy atom. The number of likely N-dealkylation sites (tertiary alicyclic amines) is 1. The van der Waals surface area contributed by atoms with E-state index >= 15 is 0 Å². The number of fused-ring (bicyclic) bond motifs is 1. The molecule has 198 valence electrons. The summed E-state index contributed by atoms with van der Waals surface area (Å²) in [6.07, 6.45) is 5.53.